The number of rotatable bonds is 7. The van der Waals surface area contributed by atoms with Gasteiger partial charge in [-0.25, -0.2) is 14.8 Å². The van der Waals surface area contributed by atoms with E-state index in [1.807, 2.05) is 23.6 Å². The SMILES string of the molecule is CCCCSc1sc2nc(-c3nccs3)cc(-c3ccc(C(=O)OC)cc3)c2c1N. The van der Waals surface area contributed by atoms with E-state index in [2.05, 4.69) is 11.9 Å². The Hall–Kier alpha value is -2.42. The fourth-order valence-corrected chi connectivity index (χ4v) is 6.16. The molecule has 0 radical (unpaired) electrons. The fraction of sp³-hybridized carbons (Fsp3) is 0.227. The van der Waals surface area contributed by atoms with Crippen LogP contribution in [0.2, 0.25) is 0 Å². The Bertz CT molecular complexity index is 1170. The quantitative estimate of drug-likeness (QED) is 0.199. The average molecular weight is 456 g/mol. The van der Waals surface area contributed by atoms with E-state index in [0.717, 1.165) is 60.5 Å². The third-order valence-electron chi connectivity index (χ3n) is 4.66. The predicted molar refractivity (Wildman–Crippen MR) is 128 cm³/mol. The van der Waals surface area contributed by atoms with Crippen LogP contribution >= 0.6 is 34.4 Å². The number of fused-ring (bicyclic) bond motifs is 1. The van der Waals surface area contributed by atoms with Crippen molar-refractivity contribution in [3.8, 4) is 21.8 Å². The summed E-state index contributed by atoms with van der Waals surface area (Å²) in [4.78, 5) is 22.0. The number of esters is 1. The number of hydrogen-bond donors (Lipinski definition) is 1. The maximum atomic E-state index is 11.8. The molecule has 0 spiro atoms. The first-order chi connectivity index (χ1) is 14.6. The molecule has 0 aliphatic carbocycles. The molecule has 0 saturated carbocycles. The molecule has 0 atom stereocenters. The zero-order valence-corrected chi connectivity index (χ0v) is 19.1. The van der Waals surface area contributed by atoms with Crippen molar-refractivity contribution in [3.05, 3.63) is 47.5 Å². The van der Waals surface area contributed by atoms with Gasteiger partial charge in [0.15, 0.2) is 0 Å². The van der Waals surface area contributed by atoms with Crippen LogP contribution in [0.5, 0.6) is 0 Å². The highest BCUT2D eigenvalue weighted by atomic mass is 32.2. The first-order valence-corrected chi connectivity index (χ1v) is 12.2. The van der Waals surface area contributed by atoms with Crippen LogP contribution in [0.4, 0.5) is 5.69 Å². The summed E-state index contributed by atoms with van der Waals surface area (Å²) in [6, 6.07) is 9.44. The Kier molecular flexibility index (Phi) is 6.36. The van der Waals surface area contributed by atoms with E-state index in [0.29, 0.717) is 5.56 Å². The van der Waals surface area contributed by atoms with Crippen LogP contribution in [0.25, 0.3) is 32.0 Å². The highest BCUT2D eigenvalue weighted by molar-refractivity contribution is 8.01. The van der Waals surface area contributed by atoms with E-state index in [1.165, 1.54) is 7.11 Å². The zero-order chi connectivity index (χ0) is 21.1. The number of ether oxygens (including phenoxy) is 1. The molecule has 5 nitrogen and oxygen atoms in total. The second-order valence-electron chi connectivity index (χ2n) is 6.65. The molecule has 2 N–H and O–H groups in total. The van der Waals surface area contributed by atoms with Crippen molar-refractivity contribution < 1.29 is 9.53 Å². The van der Waals surface area contributed by atoms with Gasteiger partial charge in [0.2, 0.25) is 0 Å². The fourth-order valence-electron chi connectivity index (χ4n) is 3.11. The van der Waals surface area contributed by atoms with Gasteiger partial charge in [-0.15, -0.1) is 34.4 Å². The lowest BCUT2D eigenvalue weighted by atomic mass is 10.0. The van der Waals surface area contributed by atoms with Crippen LogP contribution in [0.15, 0.2) is 46.1 Å². The molecule has 0 aliphatic heterocycles. The second-order valence-corrected chi connectivity index (χ2v) is 9.90. The number of thiazole rings is 1. The number of anilines is 1. The van der Waals surface area contributed by atoms with Gasteiger partial charge in [-0.05, 0) is 41.5 Å². The molecule has 0 saturated heterocycles. The number of nitrogen functional groups attached to an aromatic ring is 1. The van der Waals surface area contributed by atoms with E-state index in [-0.39, 0.29) is 5.97 Å². The standard InChI is InChI=1S/C22H21N3O2S3/c1-3-4-10-29-22-18(23)17-15(13-5-7-14(8-6-13)21(26)27-2)12-16(25-20(17)30-22)19-24-9-11-28-19/h5-9,11-12H,3-4,10,23H2,1-2H3. The van der Waals surface area contributed by atoms with Crippen molar-refractivity contribution in [2.75, 3.05) is 18.6 Å². The number of nitrogens with two attached hydrogens (primary N) is 1. The predicted octanol–water partition coefficient (Wildman–Crippen LogP) is 6.35. The summed E-state index contributed by atoms with van der Waals surface area (Å²) < 4.78 is 5.92. The Morgan fingerprint density at radius 2 is 2.07 bits per heavy atom. The maximum Gasteiger partial charge on any atom is 0.337 e. The number of unbranched alkanes of at least 4 members (excludes halogenated alkanes) is 1. The van der Waals surface area contributed by atoms with E-state index in [9.17, 15) is 4.79 Å². The largest absolute Gasteiger partial charge is 0.465 e. The van der Waals surface area contributed by atoms with E-state index in [1.54, 1.807) is 52.8 Å². The highest BCUT2D eigenvalue weighted by Gasteiger charge is 2.19. The summed E-state index contributed by atoms with van der Waals surface area (Å²) in [7, 11) is 1.38. The van der Waals surface area contributed by atoms with Crippen molar-refractivity contribution >= 4 is 56.3 Å². The number of nitrogens with zero attached hydrogens (tertiary/aromatic N) is 2. The molecule has 0 unspecified atom stereocenters. The highest BCUT2D eigenvalue weighted by Crippen LogP contribution is 2.45. The summed E-state index contributed by atoms with van der Waals surface area (Å²) in [6.45, 7) is 2.19. The molecule has 4 rings (SSSR count). The van der Waals surface area contributed by atoms with Gasteiger partial charge < -0.3 is 10.5 Å². The molecule has 0 bridgehead atoms. The van der Waals surface area contributed by atoms with Crippen molar-refractivity contribution in [3.63, 3.8) is 0 Å². The Labute approximate surface area is 187 Å². The minimum Gasteiger partial charge on any atom is -0.465 e. The van der Waals surface area contributed by atoms with Gasteiger partial charge in [0, 0.05) is 17.0 Å². The van der Waals surface area contributed by atoms with Crippen LogP contribution in [0.3, 0.4) is 0 Å². The molecule has 0 amide bonds. The minimum absolute atomic E-state index is 0.352. The van der Waals surface area contributed by atoms with Crippen LogP contribution < -0.4 is 5.73 Å². The average Bonchev–Trinajstić information content (AvgIpc) is 3.42. The number of hydrogen-bond acceptors (Lipinski definition) is 8. The molecule has 30 heavy (non-hydrogen) atoms. The van der Waals surface area contributed by atoms with Crippen LogP contribution in [0, 0.1) is 0 Å². The third-order valence-corrected chi connectivity index (χ3v) is 7.93. The normalized spacial score (nSPS) is 11.1. The first kappa shape index (κ1) is 20.8. The monoisotopic (exact) mass is 455 g/mol. The lowest BCUT2D eigenvalue weighted by molar-refractivity contribution is 0.0601. The van der Waals surface area contributed by atoms with Gasteiger partial charge in [0.05, 0.1) is 22.6 Å². The van der Waals surface area contributed by atoms with Crippen molar-refractivity contribution in [2.24, 2.45) is 0 Å². The smallest absolute Gasteiger partial charge is 0.337 e. The molecule has 154 valence electrons. The number of aromatic nitrogens is 2. The number of carbonyl (C=O) groups excluding carboxylic acids is 1. The Morgan fingerprint density at radius 1 is 1.27 bits per heavy atom. The van der Waals surface area contributed by atoms with Crippen LogP contribution in [-0.2, 0) is 4.74 Å². The van der Waals surface area contributed by atoms with Gasteiger partial charge in [-0.1, -0.05) is 25.5 Å². The molecule has 1 aromatic carbocycles. The first-order valence-electron chi connectivity index (χ1n) is 9.56. The van der Waals surface area contributed by atoms with Gasteiger partial charge >= 0.3 is 5.97 Å². The van der Waals surface area contributed by atoms with Gasteiger partial charge in [0.25, 0.3) is 0 Å². The van der Waals surface area contributed by atoms with Gasteiger partial charge in [0.1, 0.15) is 15.5 Å². The summed E-state index contributed by atoms with van der Waals surface area (Å²) in [5.74, 6) is 0.685. The van der Waals surface area contributed by atoms with Crippen molar-refractivity contribution in [1.82, 2.24) is 9.97 Å². The van der Waals surface area contributed by atoms with Crippen LogP contribution in [-0.4, -0.2) is 28.8 Å². The van der Waals surface area contributed by atoms with Gasteiger partial charge in [-0.2, -0.15) is 0 Å². The molecular formula is C22H21N3O2S3. The maximum absolute atomic E-state index is 11.8. The number of pyridine rings is 1. The molecule has 4 aromatic rings. The number of thioether (sulfide) groups is 1. The van der Waals surface area contributed by atoms with Gasteiger partial charge in [-0.3, -0.25) is 0 Å². The van der Waals surface area contributed by atoms with Crippen molar-refractivity contribution in [1.29, 1.82) is 0 Å². The Balaban J connectivity index is 1.86. The zero-order valence-electron chi connectivity index (χ0n) is 16.7. The summed E-state index contributed by atoms with van der Waals surface area (Å²) in [5, 5.41) is 3.78. The molecular weight excluding hydrogens is 434 g/mol. The number of carbonyl (C=O) groups is 1. The number of thiophene rings is 1. The van der Waals surface area contributed by atoms with Crippen LogP contribution in [0.1, 0.15) is 30.1 Å². The third kappa shape index (κ3) is 4.08. The Morgan fingerprint density at radius 3 is 2.73 bits per heavy atom. The minimum atomic E-state index is -0.352. The number of methoxy groups -OCH3 is 1. The van der Waals surface area contributed by atoms with E-state index in [4.69, 9.17) is 15.5 Å². The summed E-state index contributed by atoms with van der Waals surface area (Å²) >= 11 is 4.99. The van der Waals surface area contributed by atoms with E-state index >= 15 is 0 Å². The number of benzene rings is 1. The molecule has 3 heterocycles. The lowest BCUT2D eigenvalue weighted by Gasteiger charge is -2.08. The van der Waals surface area contributed by atoms with Crippen molar-refractivity contribution in [2.45, 2.75) is 24.0 Å². The lowest BCUT2D eigenvalue weighted by Crippen LogP contribution is -2.00. The summed E-state index contributed by atoms with van der Waals surface area (Å²) in [5.41, 5.74) is 10.7. The molecule has 0 aliphatic rings. The molecule has 8 heteroatoms. The molecule has 3 aromatic heterocycles. The second kappa shape index (κ2) is 9.16. The van der Waals surface area contributed by atoms with E-state index < -0.39 is 0 Å². The molecule has 0 fully saturated rings. The topological polar surface area (TPSA) is 78.1 Å². The summed E-state index contributed by atoms with van der Waals surface area (Å²) in [6.07, 6.45) is 4.09.